The normalized spacial score (nSPS) is 10.5. The fourth-order valence-electron chi connectivity index (χ4n) is 0.946. The van der Waals surface area contributed by atoms with E-state index >= 15 is 0 Å². The van der Waals surface area contributed by atoms with E-state index in [4.69, 9.17) is 4.52 Å². The van der Waals surface area contributed by atoms with Gasteiger partial charge in [-0.1, -0.05) is 5.16 Å². The van der Waals surface area contributed by atoms with Crippen LogP contribution in [-0.4, -0.2) is 16.4 Å². The summed E-state index contributed by atoms with van der Waals surface area (Å²) >= 11 is 3.30. The number of rotatable bonds is 3. The van der Waals surface area contributed by atoms with Crippen LogP contribution in [0.4, 0.5) is 0 Å². The van der Waals surface area contributed by atoms with Crippen molar-refractivity contribution in [3.8, 4) is 11.4 Å². The molecule has 0 aliphatic heterocycles. The topological polar surface area (TPSA) is 38.9 Å². The summed E-state index contributed by atoms with van der Waals surface area (Å²) in [6.07, 6.45) is 2.01. The lowest BCUT2D eigenvalue weighted by Gasteiger charge is -1.84. The molecular formula is C8H8N2OS2. The summed E-state index contributed by atoms with van der Waals surface area (Å²) < 4.78 is 5.05. The van der Waals surface area contributed by atoms with E-state index in [0.717, 1.165) is 11.3 Å². The van der Waals surface area contributed by atoms with E-state index in [-0.39, 0.29) is 0 Å². The molecule has 0 bridgehead atoms. The van der Waals surface area contributed by atoms with Crippen molar-refractivity contribution in [3.63, 3.8) is 0 Å². The molecule has 0 aliphatic rings. The quantitative estimate of drug-likeness (QED) is 0.784. The molecule has 13 heavy (non-hydrogen) atoms. The van der Waals surface area contributed by atoms with Gasteiger partial charge >= 0.3 is 0 Å². The monoisotopic (exact) mass is 212 g/mol. The van der Waals surface area contributed by atoms with Crippen LogP contribution in [0.3, 0.4) is 0 Å². The number of nitrogens with zero attached hydrogens (tertiary/aromatic N) is 2. The van der Waals surface area contributed by atoms with E-state index in [1.165, 1.54) is 0 Å². The van der Waals surface area contributed by atoms with Gasteiger partial charge in [0.25, 0.3) is 0 Å². The van der Waals surface area contributed by atoms with Crippen molar-refractivity contribution < 1.29 is 4.52 Å². The molecule has 2 rings (SSSR count). The summed E-state index contributed by atoms with van der Waals surface area (Å²) in [6, 6.07) is 1.98. The van der Waals surface area contributed by atoms with Crippen LogP contribution in [0.2, 0.25) is 0 Å². The second-order valence-corrected chi connectivity index (χ2v) is 4.10. The molecule has 2 aromatic rings. The van der Waals surface area contributed by atoms with Crippen LogP contribution < -0.4 is 0 Å². The van der Waals surface area contributed by atoms with Gasteiger partial charge in [0.1, 0.15) is 0 Å². The number of thioether (sulfide) groups is 1. The maximum absolute atomic E-state index is 5.05. The van der Waals surface area contributed by atoms with Gasteiger partial charge in [-0.05, 0) is 17.7 Å². The van der Waals surface area contributed by atoms with E-state index in [1.807, 2.05) is 23.1 Å². The zero-order valence-electron chi connectivity index (χ0n) is 7.06. The minimum atomic E-state index is 0.685. The molecule has 5 heteroatoms. The third-order valence-corrected chi connectivity index (χ3v) is 2.73. The minimum Gasteiger partial charge on any atom is -0.338 e. The maximum atomic E-state index is 5.05. The number of hydrogen-bond acceptors (Lipinski definition) is 5. The van der Waals surface area contributed by atoms with Crippen molar-refractivity contribution in [2.75, 3.05) is 6.26 Å². The highest BCUT2D eigenvalue weighted by Crippen LogP contribution is 2.19. The highest BCUT2D eigenvalue weighted by atomic mass is 32.2. The summed E-state index contributed by atoms with van der Waals surface area (Å²) in [5.74, 6) is 2.15. The summed E-state index contributed by atoms with van der Waals surface area (Å²) in [5, 5.41) is 7.89. The zero-order valence-corrected chi connectivity index (χ0v) is 8.69. The molecule has 0 atom stereocenters. The third kappa shape index (κ3) is 1.92. The van der Waals surface area contributed by atoms with Crippen molar-refractivity contribution >= 4 is 23.1 Å². The van der Waals surface area contributed by atoms with Crippen LogP contribution in [0.25, 0.3) is 11.4 Å². The zero-order chi connectivity index (χ0) is 9.10. The van der Waals surface area contributed by atoms with Crippen LogP contribution in [0.1, 0.15) is 5.89 Å². The molecule has 68 valence electrons. The van der Waals surface area contributed by atoms with Crippen molar-refractivity contribution in [3.05, 3.63) is 22.7 Å². The molecular weight excluding hydrogens is 204 g/mol. The van der Waals surface area contributed by atoms with Gasteiger partial charge < -0.3 is 4.52 Å². The maximum Gasteiger partial charge on any atom is 0.236 e. The fourth-order valence-corrected chi connectivity index (χ4v) is 1.94. The molecule has 0 aromatic carbocycles. The van der Waals surface area contributed by atoms with Crippen molar-refractivity contribution in [1.29, 1.82) is 0 Å². The van der Waals surface area contributed by atoms with Crippen LogP contribution in [-0.2, 0) is 5.75 Å². The Hall–Kier alpha value is -0.810. The average molecular weight is 212 g/mol. The Labute approximate surface area is 84.2 Å². The predicted molar refractivity (Wildman–Crippen MR) is 54.8 cm³/mol. The molecule has 0 spiro atoms. The first-order valence-corrected chi connectivity index (χ1v) is 6.08. The molecule has 0 saturated carbocycles. The van der Waals surface area contributed by atoms with E-state index in [0.29, 0.717) is 11.7 Å². The van der Waals surface area contributed by atoms with Gasteiger partial charge in [0.2, 0.25) is 11.7 Å². The molecule has 2 heterocycles. The second-order valence-electron chi connectivity index (χ2n) is 2.46. The summed E-state index contributed by atoms with van der Waals surface area (Å²) in [7, 11) is 0. The van der Waals surface area contributed by atoms with Crippen molar-refractivity contribution in [1.82, 2.24) is 10.1 Å². The van der Waals surface area contributed by atoms with Gasteiger partial charge in [0, 0.05) is 10.9 Å². The molecule has 0 saturated heterocycles. The Morgan fingerprint density at radius 1 is 1.62 bits per heavy atom. The van der Waals surface area contributed by atoms with Gasteiger partial charge in [-0.3, -0.25) is 0 Å². The van der Waals surface area contributed by atoms with Gasteiger partial charge in [-0.15, -0.1) is 0 Å². The SMILES string of the molecule is CSCc1nc(-c2ccsc2)no1. The Morgan fingerprint density at radius 3 is 3.23 bits per heavy atom. The number of aromatic nitrogens is 2. The lowest BCUT2D eigenvalue weighted by molar-refractivity contribution is 0.392. The van der Waals surface area contributed by atoms with E-state index in [2.05, 4.69) is 10.1 Å². The number of hydrogen-bond donors (Lipinski definition) is 0. The van der Waals surface area contributed by atoms with Crippen LogP contribution in [0.5, 0.6) is 0 Å². The van der Waals surface area contributed by atoms with Crippen molar-refractivity contribution in [2.45, 2.75) is 5.75 Å². The van der Waals surface area contributed by atoms with E-state index < -0.39 is 0 Å². The minimum absolute atomic E-state index is 0.685. The molecule has 0 unspecified atom stereocenters. The third-order valence-electron chi connectivity index (χ3n) is 1.52. The molecule has 0 fully saturated rings. The highest BCUT2D eigenvalue weighted by Gasteiger charge is 2.07. The first-order valence-electron chi connectivity index (χ1n) is 3.74. The van der Waals surface area contributed by atoms with Crippen LogP contribution in [0, 0.1) is 0 Å². The standard InChI is InChI=1S/C8H8N2OS2/c1-12-5-7-9-8(10-11-7)6-2-3-13-4-6/h2-4H,5H2,1H3. The van der Waals surface area contributed by atoms with E-state index in [1.54, 1.807) is 23.1 Å². The van der Waals surface area contributed by atoms with Crippen LogP contribution >= 0.6 is 23.1 Å². The van der Waals surface area contributed by atoms with E-state index in [9.17, 15) is 0 Å². The average Bonchev–Trinajstić information content (AvgIpc) is 2.70. The Bertz CT molecular complexity index is 369. The first-order chi connectivity index (χ1) is 6.40. The Kier molecular flexibility index (Phi) is 2.65. The lowest BCUT2D eigenvalue weighted by Crippen LogP contribution is -1.79. The highest BCUT2D eigenvalue weighted by molar-refractivity contribution is 7.97. The summed E-state index contributed by atoms with van der Waals surface area (Å²) in [6.45, 7) is 0. The molecule has 0 N–H and O–H groups in total. The van der Waals surface area contributed by atoms with Gasteiger partial charge in [0.15, 0.2) is 0 Å². The van der Waals surface area contributed by atoms with Crippen LogP contribution in [0.15, 0.2) is 21.3 Å². The lowest BCUT2D eigenvalue weighted by atomic mass is 10.3. The molecule has 3 nitrogen and oxygen atoms in total. The smallest absolute Gasteiger partial charge is 0.236 e. The molecule has 0 amide bonds. The molecule has 2 aromatic heterocycles. The van der Waals surface area contributed by atoms with Gasteiger partial charge in [-0.2, -0.15) is 28.1 Å². The predicted octanol–water partition coefficient (Wildman–Crippen LogP) is 2.66. The fraction of sp³-hybridized carbons (Fsp3) is 0.250. The Balaban J connectivity index is 2.23. The summed E-state index contributed by atoms with van der Waals surface area (Å²) in [5.41, 5.74) is 1.03. The first kappa shape index (κ1) is 8.77. The molecule has 0 radical (unpaired) electrons. The molecule has 0 aliphatic carbocycles. The largest absolute Gasteiger partial charge is 0.338 e. The second kappa shape index (κ2) is 3.93. The van der Waals surface area contributed by atoms with Gasteiger partial charge in [-0.25, -0.2) is 0 Å². The van der Waals surface area contributed by atoms with Crippen molar-refractivity contribution in [2.24, 2.45) is 0 Å². The number of thiophene rings is 1. The summed E-state index contributed by atoms with van der Waals surface area (Å²) in [4.78, 5) is 4.25. The Morgan fingerprint density at radius 2 is 2.54 bits per heavy atom. The van der Waals surface area contributed by atoms with Gasteiger partial charge in [0.05, 0.1) is 5.75 Å².